The maximum Gasteiger partial charge on any atom is 0.337 e. The first-order chi connectivity index (χ1) is 14.6. The van der Waals surface area contributed by atoms with E-state index >= 15 is 0 Å². The van der Waals surface area contributed by atoms with Crippen LogP contribution in [0.3, 0.4) is 0 Å². The largest absolute Gasteiger partial charge is 0.503 e. The lowest BCUT2D eigenvalue weighted by Crippen LogP contribution is -2.38. The van der Waals surface area contributed by atoms with Crippen LogP contribution in [-0.4, -0.2) is 30.1 Å². The van der Waals surface area contributed by atoms with E-state index in [1.165, 1.54) is 6.08 Å². The number of carbonyl (C=O) groups excluding carboxylic acids is 2. The number of Topliss-reactive ketones (excluding diaryl/α,β-unsaturated/α-hetero) is 1. The van der Waals surface area contributed by atoms with Crippen LogP contribution < -0.4 is 10.1 Å². The Bertz CT molecular complexity index is 1010. The molecule has 0 saturated heterocycles. The third kappa shape index (κ3) is 4.56. The molecular weight excluding hydrogens is 462 g/mol. The highest BCUT2D eigenvalue weighted by atomic mass is 79.9. The normalized spacial score (nSPS) is 20.2. The second-order valence-corrected chi connectivity index (χ2v) is 9.45. The van der Waals surface area contributed by atoms with E-state index in [1.807, 2.05) is 13.8 Å². The number of hydrogen-bond donors (Lipinski definition) is 2. The molecule has 1 aliphatic carbocycles. The first kappa shape index (κ1) is 23.1. The van der Waals surface area contributed by atoms with Crippen LogP contribution >= 0.6 is 15.9 Å². The van der Waals surface area contributed by atoms with Crippen LogP contribution in [0, 0.1) is 5.41 Å². The second kappa shape index (κ2) is 8.91. The molecule has 0 aromatic heterocycles. The van der Waals surface area contributed by atoms with E-state index in [-0.39, 0.29) is 29.3 Å². The van der Waals surface area contributed by atoms with E-state index in [4.69, 9.17) is 9.47 Å². The number of allylic oxidation sites excluding steroid dienone is 3. The monoisotopic (exact) mass is 489 g/mol. The lowest BCUT2D eigenvalue weighted by Gasteiger charge is -2.39. The van der Waals surface area contributed by atoms with Gasteiger partial charge >= 0.3 is 5.97 Å². The summed E-state index contributed by atoms with van der Waals surface area (Å²) in [6.45, 7) is 11.8. The number of halogens is 1. The summed E-state index contributed by atoms with van der Waals surface area (Å²) in [5.74, 6) is -0.893. The summed E-state index contributed by atoms with van der Waals surface area (Å²) in [5, 5.41) is 13.7. The minimum atomic E-state index is -0.631. The average Bonchev–Trinajstić information content (AvgIpc) is 2.67. The topological polar surface area (TPSA) is 84.9 Å². The van der Waals surface area contributed by atoms with E-state index in [1.54, 1.807) is 12.1 Å². The number of dihydropyridines is 1. The van der Waals surface area contributed by atoms with Crippen molar-refractivity contribution in [1.29, 1.82) is 0 Å². The number of nitrogens with one attached hydrogen (secondary N) is 1. The summed E-state index contributed by atoms with van der Waals surface area (Å²) >= 11 is 3.38. The van der Waals surface area contributed by atoms with Crippen LogP contribution in [-0.2, 0) is 14.3 Å². The van der Waals surface area contributed by atoms with Crippen LogP contribution in [0.1, 0.15) is 52.0 Å². The van der Waals surface area contributed by atoms with Gasteiger partial charge in [0.05, 0.1) is 16.7 Å². The van der Waals surface area contributed by atoms with E-state index in [0.29, 0.717) is 46.3 Å². The lowest BCUT2D eigenvalue weighted by atomic mass is 9.68. The molecule has 1 aromatic rings. The van der Waals surface area contributed by atoms with Crippen LogP contribution in [0.5, 0.6) is 11.5 Å². The summed E-state index contributed by atoms with van der Waals surface area (Å²) in [6.07, 6.45) is 2.58. The van der Waals surface area contributed by atoms with Crippen molar-refractivity contribution in [2.45, 2.75) is 46.5 Å². The number of hydrogen-bond acceptors (Lipinski definition) is 6. The number of carbonyl (C=O) groups is 2. The molecule has 0 fully saturated rings. The highest BCUT2D eigenvalue weighted by molar-refractivity contribution is 9.10. The summed E-state index contributed by atoms with van der Waals surface area (Å²) in [7, 11) is 0. The highest BCUT2D eigenvalue weighted by Gasteiger charge is 2.43. The van der Waals surface area contributed by atoms with Gasteiger partial charge in [-0.3, -0.25) is 4.79 Å². The number of esters is 1. The van der Waals surface area contributed by atoms with Crippen molar-refractivity contribution in [1.82, 2.24) is 5.32 Å². The fourth-order valence-corrected chi connectivity index (χ4v) is 4.74. The molecule has 0 bridgehead atoms. The highest BCUT2D eigenvalue weighted by Crippen LogP contribution is 2.49. The Morgan fingerprint density at radius 3 is 2.74 bits per heavy atom. The smallest absolute Gasteiger partial charge is 0.337 e. The molecule has 1 aliphatic heterocycles. The Kier molecular flexibility index (Phi) is 6.65. The van der Waals surface area contributed by atoms with Gasteiger partial charge in [0, 0.05) is 29.3 Å². The summed E-state index contributed by atoms with van der Waals surface area (Å²) in [5.41, 5.74) is 2.89. The SMILES string of the molecule is C=CCOC(=O)C1=C(C)NC2=C(C(=O)CC(C)(C)C2)[C@H]1c1cc(Br)c(O)c(OCC)c1. The molecule has 6 nitrogen and oxygen atoms in total. The van der Waals surface area contributed by atoms with Gasteiger partial charge in [-0.05, 0) is 59.3 Å². The zero-order valence-electron chi connectivity index (χ0n) is 18.3. The van der Waals surface area contributed by atoms with Crippen molar-refractivity contribution in [2.75, 3.05) is 13.2 Å². The number of rotatable bonds is 6. The molecule has 166 valence electrons. The predicted molar refractivity (Wildman–Crippen MR) is 122 cm³/mol. The van der Waals surface area contributed by atoms with E-state index in [9.17, 15) is 14.7 Å². The minimum Gasteiger partial charge on any atom is -0.503 e. The molecule has 0 unspecified atom stereocenters. The van der Waals surface area contributed by atoms with Crippen molar-refractivity contribution in [3.63, 3.8) is 0 Å². The molecule has 2 aliphatic rings. The number of ether oxygens (including phenoxy) is 2. The first-order valence-electron chi connectivity index (χ1n) is 10.3. The molecule has 1 atom stereocenters. The molecule has 31 heavy (non-hydrogen) atoms. The molecule has 0 saturated carbocycles. The Morgan fingerprint density at radius 2 is 2.10 bits per heavy atom. The summed E-state index contributed by atoms with van der Waals surface area (Å²) < 4.78 is 11.4. The molecule has 3 rings (SSSR count). The zero-order chi connectivity index (χ0) is 22.9. The third-order valence-electron chi connectivity index (χ3n) is 5.48. The van der Waals surface area contributed by atoms with Gasteiger partial charge in [0.25, 0.3) is 0 Å². The van der Waals surface area contributed by atoms with Crippen molar-refractivity contribution >= 4 is 27.7 Å². The molecular formula is C24H28BrNO5. The van der Waals surface area contributed by atoms with E-state index in [2.05, 4.69) is 41.7 Å². The number of benzene rings is 1. The van der Waals surface area contributed by atoms with Gasteiger partial charge in [-0.25, -0.2) is 4.79 Å². The number of phenols is 1. The third-order valence-corrected chi connectivity index (χ3v) is 6.08. The van der Waals surface area contributed by atoms with Gasteiger partial charge in [-0.1, -0.05) is 26.5 Å². The molecule has 0 radical (unpaired) electrons. The first-order valence-corrected chi connectivity index (χ1v) is 11.1. The second-order valence-electron chi connectivity index (χ2n) is 8.60. The van der Waals surface area contributed by atoms with Gasteiger partial charge in [-0.15, -0.1) is 0 Å². The van der Waals surface area contributed by atoms with Crippen LogP contribution in [0.25, 0.3) is 0 Å². The lowest BCUT2D eigenvalue weighted by molar-refractivity contribution is -0.138. The molecule has 2 N–H and O–H groups in total. The van der Waals surface area contributed by atoms with Gasteiger partial charge in [-0.2, -0.15) is 0 Å². The Balaban J connectivity index is 2.22. The average molecular weight is 490 g/mol. The number of phenolic OH excluding ortho intramolecular Hbond substituents is 1. The molecule has 1 heterocycles. The Labute approximate surface area is 191 Å². The fraction of sp³-hybridized carbons (Fsp3) is 0.417. The van der Waals surface area contributed by atoms with Crippen LogP contribution in [0.2, 0.25) is 0 Å². The molecule has 0 spiro atoms. The standard InChI is InChI=1S/C24H28BrNO5/c1-6-8-31-23(29)19-13(3)26-16-11-24(4,5)12-17(27)21(16)20(19)14-9-15(25)22(28)18(10-14)30-7-2/h6,9-10,20,26,28H,1,7-8,11-12H2,2-5H3/t20-/m0/s1. The van der Waals surface area contributed by atoms with Gasteiger partial charge in [0.2, 0.25) is 0 Å². The van der Waals surface area contributed by atoms with E-state index in [0.717, 1.165) is 5.70 Å². The summed E-state index contributed by atoms with van der Waals surface area (Å²) in [4.78, 5) is 26.3. The van der Waals surface area contributed by atoms with Crippen molar-refractivity contribution < 1.29 is 24.2 Å². The molecule has 1 aromatic carbocycles. The van der Waals surface area contributed by atoms with Crippen molar-refractivity contribution in [2.24, 2.45) is 5.41 Å². The predicted octanol–water partition coefficient (Wildman–Crippen LogP) is 4.89. The van der Waals surface area contributed by atoms with Gasteiger partial charge in [0.15, 0.2) is 17.3 Å². The Morgan fingerprint density at radius 1 is 1.39 bits per heavy atom. The van der Waals surface area contributed by atoms with Crippen LogP contribution in [0.4, 0.5) is 0 Å². The zero-order valence-corrected chi connectivity index (χ0v) is 19.9. The van der Waals surface area contributed by atoms with Crippen molar-refractivity contribution in [3.05, 3.63) is 57.4 Å². The quantitative estimate of drug-likeness (QED) is 0.437. The minimum absolute atomic E-state index is 0.00701. The number of aromatic hydroxyl groups is 1. The van der Waals surface area contributed by atoms with Crippen LogP contribution in [0.15, 0.2) is 51.8 Å². The van der Waals surface area contributed by atoms with Crippen molar-refractivity contribution in [3.8, 4) is 11.5 Å². The van der Waals surface area contributed by atoms with Gasteiger partial charge < -0.3 is 19.9 Å². The molecule has 0 amide bonds. The Hall–Kier alpha value is -2.54. The van der Waals surface area contributed by atoms with E-state index < -0.39 is 11.9 Å². The fourth-order valence-electron chi connectivity index (χ4n) is 4.28. The maximum atomic E-state index is 13.3. The number of ketones is 1. The molecule has 7 heteroatoms. The van der Waals surface area contributed by atoms with Gasteiger partial charge in [0.1, 0.15) is 6.61 Å². The summed E-state index contributed by atoms with van der Waals surface area (Å²) in [6, 6.07) is 3.41. The maximum absolute atomic E-state index is 13.3.